The van der Waals surface area contributed by atoms with Crippen molar-refractivity contribution in [2.75, 3.05) is 13.7 Å². The lowest BCUT2D eigenvalue weighted by Crippen LogP contribution is -2.52. The molecular weight excluding hydrogens is 273 g/mol. The lowest BCUT2D eigenvalue weighted by molar-refractivity contribution is -0.149. The zero-order valence-corrected chi connectivity index (χ0v) is 13.3. The molecule has 0 saturated carbocycles. The van der Waals surface area contributed by atoms with Crippen molar-refractivity contribution in [1.29, 1.82) is 0 Å². The maximum Gasteiger partial charge on any atom is 0.325 e. The molecule has 0 fully saturated rings. The molecule has 0 bridgehead atoms. The van der Waals surface area contributed by atoms with Gasteiger partial charge in [0.1, 0.15) is 5.54 Å². The zero-order chi connectivity index (χ0) is 16.0. The van der Waals surface area contributed by atoms with Crippen LogP contribution in [0.15, 0.2) is 18.2 Å². The SMILES string of the molecule is CCNC(C)(CC(C)Oc1cccc(C)c1F)C(=O)OC. The summed E-state index contributed by atoms with van der Waals surface area (Å²) >= 11 is 0. The van der Waals surface area contributed by atoms with Gasteiger partial charge in [-0.2, -0.15) is 0 Å². The van der Waals surface area contributed by atoms with Gasteiger partial charge in [-0.1, -0.05) is 19.1 Å². The maximum atomic E-state index is 13.9. The fraction of sp³-hybridized carbons (Fsp3) is 0.562. The lowest BCUT2D eigenvalue weighted by Gasteiger charge is -2.30. The Labute approximate surface area is 125 Å². The van der Waals surface area contributed by atoms with Crippen molar-refractivity contribution in [2.45, 2.75) is 45.8 Å². The highest BCUT2D eigenvalue weighted by Gasteiger charge is 2.35. The highest BCUT2D eigenvalue weighted by atomic mass is 19.1. The first kappa shape index (κ1) is 17.4. The fourth-order valence-electron chi connectivity index (χ4n) is 2.39. The standard InChI is InChI=1S/C16H24FNO3/c1-6-18-16(4,15(19)20-5)10-12(3)21-13-9-7-8-11(2)14(13)17/h7-9,12,18H,6,10H2,1-5H3. The minimum absolute atomic E-state index is 0.200. The number of hydrogen-bond donors (Lipinski definition) is 1. The van der Waals surface area contributed by atoms with E-state index in [4.69, 9.17) is 9.47 Å². The molecule has 118 valence electrons. The van der Waals surface area contributed by atoms with Crippen molar-refractivity contribution in [3.63, 3.8) is 0 Å². The molecule has 0 aliphatic carbocycles. The summed E-state index contributed by atoms with van der Waals surface area (Å²) in [6.45, 7) is 7.78. The molecule has 1 aromatic carbocycles. The molecule has 1 N–H and O–H groups in total. The largest absolute Gasteiger partial charge is 0.488 e. The molecule has 0 aromatic heterocycles. The lowest BCUT2D eigenvalue weighted by atomic mass is 9.94. The third kappa shape index (κ3) is 4.43. The molecular formula is C16H24FNO3. The molecule has 0 aliphatic rings. The molecule has 0 heterocycles. The van der Waals surface area contributed by atoms with Gasteiger partial charge < -0.3 is 14.8 Å². The number of rotatable bonds is 7. The monoisotopic (exact) mass is 297 g/mol. The average Bonchev–Trinajstić information content (AvgIpc) is 2.43. The maximum absolute atomic E-state index is 13.9. The van der Waals surface area contributed by atoms with Gasteiger partial charge in [0.2, 0.25) is 0 Å². The summed E-state index contributed by atoms with van der Waals surface area (Å²) in [6, 6.07) is 5.01. The van der Waals surface area contributed by atoms with E-state index in [9.17, 15) is 9.18 Å². The van der Waals surface area contributed by atoms with Gasteiger partial charge >= 0.3 is 5.97 Å². The Balaban J connectivity index is 2.81. The number of ether oxygens (including phenoxy) is 2. The van der Waals surface area contributed by atoms with E-state index in [1.54, 1.807) is 39.0 Å². The van der Waals surface area contributed by atoms with E-state index in [0.29, 0.717) is 18.5 Å². The van der Waals surface area contributed by atoms with Crippen LogP contribution in [-0.2, 0) is 9.53 Å². The zero-order valence-electron chi connectivity index (χ0n) is 13.3. The molecule has 0 radical (unpaired) electrons. The molecule has 2 atom stereocenters. The van der Waals surface area contributed by atoms with Crippen LogP contribution < -0.4 is 10.1 Å². The average molecular weight is 297 g/mol. The molecule has 1 rings (SSSR count). The Morgan fingerprint density at radius 2 is 2.14 bits per heavy atom. The van der Waals surface area contributed by atoms with Gasteiger partial charge in [0.15, 0.2) is 11.6 Å². The molecule has 5 heteroatoms. The van der Waals surface area contributed by atoms with E-state index in [1.807, 2.05) is 6.92 Å². The van der Waals surface area contributed by atoms with Gasteiger partial charge in [0, 0.05) is 6.42 Å². The topological polar surface area (TPSA) is 47.6 Å². The van der Waals surface area contributed by atoms with E-state index in [-0.39, 0.29) is 23.6 Å². The normalized spacial score (nSPS) is 15.1. The number of hydrogen-bond acceptors (Lipinski definition) is 4. The van der Waals surface area contributed by atoms with Gasteiger partial charge in [-0.3, -0.25) is 4.79 Å². The second-order valence-corrected chi connectivity index (χ2v) is 5.37. The molecule has 1 aromatic rings. The number of esters is 1. The van der Waals surface area contributed by atoms with Gasteiger partial charge in [0.25, 0.3) is 0 Å². The second kappa shape index (κ2) is 7.41. The van der Waals surface area contributed by atoms with Gasteiger partial charge in [-0.05, 0) is 38.9 Å². The number of carbonyl (C=O) groups excluding carboxylic acids is 1. The van der Waals surface area contributed by atoms with Crippen molar-refractivity contribution in [3.05, 3.63) is 29.6 Å². The molecule has 2 unspecified atom stereocenters. The molecule has 0 aliphatic heterocycles. The van der Waals surface area contributed by atoms with Crippen molar-refractivity contribution in [2.24, 2.45) is 0 Å². The van der Waals surface area contributed by atoms with Gasteiger partial charge in [-0.25, -0.2) is 4.39 Å². The van der Waals surface area contributed by atoms with Crippen LogP contribution in [0.1, 0.15) is 32.8 Å². The number of aryl methyl sites for hydroxylation is 1. The summed E-state index contributed by atoms with van der Waals surface area (Å²) in [5, 5.41) is 3.10. The van der Waals surface area contributed by atoms with Crippen molar-refractivity contribution in [3.8, 4) is 5.75 Å². The Bertz CT molecular complexity index is 492. The van der Waals surface area contributed by atoms with Crippen LogP contribution in [0.25, 0.3) is 0 Å². The van der Waals surface area contributed by atoms with Crippen LogP contribution in [-0.4, -0.2) is 31.3 Å². The van der Waals surface area contributed by atoms with Crippen LogP contribution in [0.3, 0.4) is 0 Å². The minimum Gasteiger partial charge on any atom is -0.488 e. The van der Waals surface area contributed by atoms with E-state index in [2.05, 4.69) is 5.32 Å². The van der Waals surface area contributed by atoms with E-state index in [0.717, 1.165) is 0 Å². The Morgan fingerprint density at radius 3 is 2.71 bits per heavy atom. The third-order valence-electron chi connectivity index (χ3n) is 3.38. The van der Waals surface area contributed by atoms with Crippen LogP contribution in [0, 0.1) is 12.7 Å². The van der Waals surface area contributed by atoms with Gasteiger partial charge in [-0.15, -0.1) is 0 Å². The van der Waals surface area contributed by atoms with Crippen LogP contribution in [0.2, 0.25) is 0 Å². The molecule has 4 nitrogen and oxygen atoms in total. The first-order chi connectivity index (χ1) is 9.84. The number of carbonyl (C=O) groups is 1. The summed E-state index contributed by atoms with van der Waals surface area (Å²) in [7, 11) is 1.35. The summed E-state index contributed by atoms with van der Waals surface area (Å²) in [5.41, 5.74) is -0.328. The van der Waals surface area contributed by atoms with Crippen molar-refractivity contribution < 1.29 is 18.7 Å². The van der Waals surface area contributed by atoms with E-state index < -0.39 is 5.54 Å². The summed E-state index contributed by atoms with van der Waals surface area (Å²) < 4.78 is 24.4. The predicted octanol–water partition coefficient (Wildman–Crippen LogP) is 2.83. The molecule has 21 heavy (non-hydrogen) atoms. The van der Waals surface area contributed by atoms with E-state index in [1.165, 1.54) is 7.11 Å². The summed E-state index contributed by atoms with van der Waals surface area (Å²) in [6.07, 6.45) is 0.0328. The third-order valence-corrected chi connectivity index (χ3v) is 3.38. The first-order valence-electron chi connectivity index (χ1n) is 7.09. The number of methoxy groups -OCH3 is 1. The van der Waals surface area contributed by atoms with Crippen LogP contribution in [0.5, 0.6) is 5.75 Å². The van der Waals surface area contributed by atoms with E-state index >= 15 is 0 Å². The number of halogens is 1. The first-order valence-corrected chi connectivity index (χ1v) is 7.09. The Hall–Kier alpha value is -1.62. The molecule has 0 spiro atoms. The predicted molar refractivity (Wildman–Crippen MR) is 79.9 cm³/mol. The van der Waals surface area contributed by atoms with Crippen molar-refractivity contribution >= 4 is 5.97 Å². The second-order valence-electron chi connectivity index (χ2n) is 5.37. The summed E-state index contributed by atoms with van der Waals surface area (Å²) in [5.74, 6) is -0.525. The number of nitrogens with one attached hydrogen (secondary N) is 1. The highest BCUT2D eigenvalue weighted by molar-refractivity contribution is 5.80. The minimum atomic E-state index is -0.858. The molecule has 0 amide bonds. The molecule has 0 saturated heterocycles. The Kier molecular flexibility index (Phi) is 6.15. The van der Waals surface area contributed by atoms with Gasteiger partial charge in [0.05, 0.1) is 13.2 Å². The highest BCUT2D eigenvalue weighted by Crippen LogP contribution is 2.24. The smallest absolute Gasteiger partial charge is 0.325 e. The Morgan fingerprint density at radius 1 is 1.48 bits per heavy atom. The number of benzene rings is 1. The van der Waals surface area contributed by atoms with Crippen LogP contribution >= 0.6 is 0 Å². The quantitative estimate of drug-likeness (QED) is 0.786. The van der Waals surface area contributed by atoms with Crippen molar-refractivity contribution in [1.82, 2.24) is 5.32 Å². The fourth-order valence-corrected chi connectivity index (χ4v) is 2.39. The summed E-state index contributed by atoms with van der Waals surface area (Å²) in [4.78, 5) is 11.9. The number of likely N-dealkylation sites (N-methyl/N-ethyl adjacent to an activating group) is 1. The van der Waals surface area contributed by atoms with Crippen LogP contribution in [0.4, 0.5) is 4.39 Å².